The van der Waals surface area contributed by atoms with E-state index < -0.39 is 0 Å². The van der Waals surface area contributed by atoms with Gasteiger partial charge in [-0.05, 0) is 71.0 Å². The van der Waals surface area contributed by atoms with Crippen molar-refractivity contribution in [3.63, 3.8) is 0 Å². The molecule has 0 saturated carbocycles. The summed E-state index contributed by atoms with van der Waals surface area (Å²) >= 11 is 0. The van der Waals surface area contributed by atoms with Crippen molar-refractivity contribution in [3.05, 3.63) is 139 Å². The van der Waals surface area contributed by atoms with Crippen LogP contribution in [0.4, 0.5) is 0 Å². The third-order valence-corrected chi connectivity index (χ3v) is 6.97. The summed E-state index contributed by atoms with van der Waals surface area (Å²) in [4.78, 5) is 0. The fraction of sp³-hybridized carbons (Fsp3) is 0.231. The molecule has 5 rings (SSSR count). The Morgan fingerprint density at radius 1 is 0.405 bits per heavy atom. The van der Waals surface area contributed by atoms with Gasteiger partial charge in [0.1, 0.15) is 17.2 Å². The molecule has 0 bridgehead atoms. The molecule has 3 N–H and O–H groups in total. The number of para-hydroxylation sites is 1. The first kappa shape index (κ1) is 32.0. The van der Waals surface area contributed by atoms with Crippen LogP contribution in [-0.2, 0) is 6.42 Å². The highest BCUT2D eigenvalue weighted by atomic mass is 16.3. The molecular weight excluding hydrogens is 516 g/mol. The van der Waals surface area contributed by atoms with E-state index in [9.17, 15) is 10.2 Å². The van der Waals surface area contributed by atoms with Crippen LogP contribution in [0.1, 0.15) is 57.4 Å². The first-order chi connectivity index (χ1) is 20.6. The van der Waals surface area contributed by atoms with Crippen LogP contribution in [0.5, 0.6) is 17.2 Å². The summed E-state index contributed by atoms with van der Waals surface area (Å²) in [6.07, 6.45) is 10.3. The molecular formula is C39H44O3. The van der Waals surface area contributed by atoms with Gasteiger partial charge in [-0.3, -0.25) is 0 Å². The third kappa shape index (κ3) is 11.9. The van der Waals surface area contributed by atoms with E-state index in [4.69, 9.17) is 5.11 Å². The number of benzene rings is 5. The molecule has 0 unspecified atom stereocenters. The van der Waals surface area contributed by atoms with Gasteiger partial charge in [0, 0.05) is 0 Å². The second-order valence-corrected chi connectivity index (χ2v) is 10.3. The molecule has 0 aliphatic heterocycles. The highest BCUT2D eigenvalue weighted by molar-refractivity contribution is 5.65. The second-order valence-electron chi connectivity index (χ2n) is 10.3. The van der Waals surface area contributed by atoms with Gasteiger partial charge in [0.05, 0.1) is 0 Å². The van der Waals surface area contributed by atoms with Gasteiger partial charge in [0.15, 0.2) is 0 Å². The van der Waals surface area contributed by atoms with Crippen LogP contribution >= 0.6 is 0 Å². The van der Waals surface area contributed by atoms with Gasteiger partial charge in [-0.25, -0.2) is 0 Å². The fourth-order valence-electron chi connectivity index (χ4n) is 4.60. The van der Waals surface area contributed by atoms with E-state index in [0.29, 0.717) is 17.2 Å². The fourth-order valence-corrected chi connectivity index (χ4v) is 4.60. The van der Waals surface area contributed by atoms with Crippen LogP contribution in [0.2, 0.25) is 0 Å². The summed E-state index contributed by atoms with van der Waals surface area (Å²) in [5.41, 5.74) is 5.55. The van der Waals surface area contributed by atoms with Crippen molar-refractivity contribution in [2.75, 3.05) is 0 Å². The number of hydrogen-bond donors (Lipinski definition) is 3. The molecule has 3 heteroatoms. The van der Waals surface area contributed by atoms with Gasteiger partial charge < -0.3 is 15.3 Å². The molecule has 0 aromatic heterocycles. The van der Waals surface area contributed by atoms with Gasteiger partial charge in [0.25, 0.3) is 0 Å². The van der Waals surface area contributed by atoms with E-state index in [1.807, 2.05) is 103 Å². The van der Waals surface area contributed by atoms with Gasteiger partial charge in [-0.1, -0.05) is 149 Å². The lowest BCUT2D eigenvalue weighted by molar-refractivity contribution is 0.466. The van der Waals surface area contributed by atoms with Crippen LogP contribution in [0.3, 0.4) is 0 Å². The van der Waals surface area contributed by atoms with Gasteiger partial charge in [0.2, 0.25) is 0 Å². The minimum atomic E-state index is 0.305. The molecule has 0 fully saturated rings. The maximum atomic E-state index is 9.58. The van der Waals surface area contributed by atoms with Crippen LogP contribution in [-0.4, -0.2) is 15.3 Å². The van der Waals surface area contributed by atoms with Gasteiger partial charge in [-0.2, -0.15) is 0 Å². The zero-order chi connectivity index (χ0) is 29.8. The van der Waals surface area contributed by atoms with Crippen molar-refractivity contribution in [1.29, 1.82) is 0 Å². The Morgan fingerprint density at radius 2 is 0.905 bits per heavy atom. The van der Waals surface area contributed by atoms with Crippen LogP contribution in [0.15, 0.2) is 133 Å². The van der Waals surface area contributed by atoms with Crippen molar-refractivity contribution in [2.45, 2.75) is 58.3 Å². The van der Waals surface area contributed by atoms with E-state index in [1.165, 1.54) is 50.5 Å². The lowest BCUT2D eigenvalue weighted by Crippen LogP contribution is -1.87. The molecule has 0 amide bonds. The predicted octanol–water partition coefficient (Wildman–Crippen LogP) is 10.8. The number of aromatic hydroxyl groups is 3. The number of unbranched alkanes of at least 4 members (excludes halogenated alkanes) is 6. The number of phenolic OH excluding ortho intramolecular Hbond substituents is 3. The van der Waals surface area contributed by atoms with Crippen molar-refractivity contribution < 1.29 is 15.3 Å². The lowest BCUT2D eigenvalue weighted by Gasteiger charge is -2.04. The Kier molecular flexibility index (Phi) is 14.3. The summed E-state index contributed by atoms with van der Waals surface area (Å²) in [5.74, 6) is 1.06. The summed E-state index contributed by atoms with van der Waals surface area (Å²) in [5, 5.41) is 28.0. The van der Waals surface area contributed by atoms with E-state index in [-0.39, 0.29) is 0 Å². The van der Waals surface area contributed by atoms with Gasteiger partial charge in [-0.15, -0.1) is 0 Å². The molecule has 0 aliphatic carbocycles. The summed E-state index contributed by atoms with van der Waals surface area (Å²) in [6, 6.07) is 42.2. The largest absolute Gasteiger partial charge is 0.508 e. The number of hydrogen-bond acceptors (Lipinski definition) is 3. The lowest BCUT2D eigenvalue weighted by atomic mass is 10.0. The molecule has 3 nitrogen and oxygen atoms in total. The Hall–Kier alpha value is -4.50. The van der Waals surface area contributed by atoms with Crippen molar-refractivity contribution in [3.8, 4) is 39.5 Å². The van der Waals surface area contributed by atoms with Crippen molar-refractivity contribution >= 4 is 0 Å². The molecule has 5 aromatic rings. The van der Waals surface area contributed by atoms with Crippen molar-refractivity contribution in [2.24, 2.45) is 0 Å². The number of rotatable bonds is 10. The minimum absolute atomic E-state index is 0.305. The normalized spacial score (nSPS) is 10.1. The maximum Gasteiger partial charge on any atom is 0.118 e. The Labute approximate surface area is 251 Å². The average molecular weight is 561 g/mol. The maximum absolute atomic E-state index is 9.58. The minimum Gasteiger partial charge on any atom is -0.508 e. The zero-order valence-electron chi connectivity index (χ0n) is 24.7. The average Bonchev–Trinajstić information content (AvgIpc) is 3.03. The molecule has 0 atom stereocenters. The highest BCUT2D eigenvalue weighted by Gasteiger charge is 1.99. The van der Waals surface area contributed by atoms with Crippen molar-refractivity contribution in [1.82, 2.24) is 0 Å². The molecule has 0 aliphatic rings. The Morgan fingerprint density at radius 3 is 1.50 bits per heavy atom. The summed E-state index contributed by atoms with van der Waals surface area (Å²) < 4.78 is 0. The molecule has 0 radical (unpaired) electrons. The zero-order valence-corrected chi connectivity index (χ0v) is 24.7. The monoisotopic (exact) mass is 560 g/mol. The molecule has 0 spiro atoms. The van der Waals surface area contributed by atoms with E-state index in [0.717, 1.165) is 28.7 Å². The molecule has 42 heavy (non-hydrogen) atoms. The topological polar surface area (TPSA) is 60.7 Å². The molecule has 0 heterocycles. The molecule has 0 saturated heterocycles. The Balaban J connectivity index is 0.000000174. The Bertz CT molecular complexity index is 1400. The smallest absolute Gasteiger partial charge is 0.118 e. The number of aryl methyl sites for hydroxylation is 1. The van der Waals surface area contributed by atoms with E-state index in [2.05, 4.69) is 6.92 Å². The van der Waals surface area contributed by atoms with Crippen LogP contribution in [0.25, 0.3) is 22.3 Å². The molecule has 5 aromatic carbocycles. The predicted molar refractivity (Wildman–Crippen MR) is 177 cm³/mol. The first-order valence-electron chi connectivity index (χ1n) is 15.0. The van der Waals surface area contributed by atoms with Crippen LogP contribution in [0, 0.1) is 0 Å². The second kappa shape index (κ2) is 18.8. The number of phenols is 3. The SMILES string of the molecule is CCCCCCCCCc1ccccc1O.Oc1ccc(-c2ccccc2)cc1.Oc1cccc(-c2ccccc2)c1. The van der Waals surface area contributed by atoms with E-state index >= 15 is 0 Å². The van der Waals surface area contributed by atoms with Crippen LogP contribution < -0.4 is 0 Å². The first-order valence-corrected chi connectivity index (χ1v) is 15.0. The summed E-state index contributed by atoms with van der Waals surface area (Å²) in [7, 11) is 0. The molecule has 218 valence electrons. The van der Waals surface area contributed by atoms with E-state index in [1.54, 1.807) is 30.3 Å². The third-order valence-electron chi connectivity index (χ3n) is 6.97. The standard InChI is InChI=1S/C15H24O.2C12H10O/c1-2-3-4-5-6-7-8-11-14-12-9-10-13-15(14)16;13-12-8-4-7-11(9-12)10-5-2-1-3-6-10;13-12-8-6-11(7-9-12)10-4-2-1-3-5-10/h9-10,12-13,16H,2-8,11H2,1H3;2*1-9,13H. The highest BCUT2D eigenvalue weighted by Crippen LogP contribution is 2.23. The quantitative estimate of drug-likeness (QED) is 0.149. The van der Waals surface area contributed by atoms with Gasteiger partial charge >= 0.3 is 0 Å². The summed E-state index contributed by atoms with van der Waals surface area (Å²) in [6.45, 7) is 2.25.